The van der Waals surface area contributed by atoms with Gasteiger partial charge in [-0.05, 0) is 80.8 Å². The number of ether oxygens (including phenoxy) is 1. The zero-order valence-corrected chi connectivity index (χ0v) is 20.4. The van der Waals surface area contributed by atoms with Crippen LogP contribution in [0.15, 0.2) is 53.4 Å². The first-order valence-corrected chi connectivity index (χ1v) is 13.0. The molecule has 1 heterocycles. The van der Waals surface area contributed by atoms with Crippen LogP contribution in [0, 0.1) is 5.41 Å². The van der Waals surface area contributed by atoms with E-state index in [0.717, 1.165) is 19.3 Å². The molecular formula is C25H30ClNO4S. The van der Waals surface area contributed by atoms with E-state index in [9.17, 15) is 13.2 Å². The zero-order valence-electron chi connectivity index (χ0n) is 18.8. The number of hydrogen-bond donors (Lipinski definition) is 0. The SMILES string of the molecule is CCOC(=O)C(C)(C)C1CC2(CCN(S(=O)(=O)c3ccc(Cl)cc3)CC2)c2ccccc21. The molecule has 1 aliphatic heterocycles. The Kier molecular flexibility index (Phi) is 6.16. The van der Waals surface area contributed by atoms with Crippen LogP contribution in [0.2, 0.25) is 5.02 Å². The van der Waals surface area contributed by atoms with Crippen molar-refractivity contribution < 1.29 is 17.9 Å². The molecule has 0 bridgehead atoms. The van der Waals surface area contributed by atoms with Gasteiger partial charge in [-0.15, -0.1) is 0 Å². The monoisotopic (exact) mass is 475 g/mol. The van der Waals surface area contributed by atoms with Crippen LogP contribution in [0.3, 0.4) is 0 Å². The normalized spacial score (nSPS) is 20.8. The van der Waals surface area contributed by atoms with Gasteiger partial charge in [-0.2, -0.15) is 4.31 Å². The minimum atomic E-state index is -3.56. The Bertz CT molecular complexity index is 1100. The van der Waals surface area contributed by atoms with E-state index in [1.807, 2.05) is 32.9 Å². The van der Waals surface area contributed by atoms with E-state index in [2.05, 4.69) is 12.1 Å². The number of rotatable bonds is 5. The Morgan fingerprint density at radius 2 is 1.75 bits per heavy atom. The summed E-state index contributed by atoms with van der Waals surface area (Å²) in [6.45, 7) is 7.02. The summed E-state index contributed by atoms with van der Waals surface area (Å²) < 4.78 is 33.3. The lowest BCUT2D eigenvalue weighted by Gasteiger charge is -2.40. The second-order valence-electron chi connectivity index (χ2n) is 9.42. The van der Waals surface area contributed by atoms with Gasteiger partial charge in [-0.25, -0.2) is 8.42 Å². The number of hydrogen-bond acceptors (Lipinski definition) is 4. The highest BCUT2D eigenvalue weighted by molar-refractivity contribution is 7.89. The van der Waals surface area contributed by atoms with Gasteiger partial charge in [0.15, 0.2) is 0 Å². The second kappa shape index (κ2) is 8.47. The van der Waals surface area contributed by atoms with Gasteiger partial charge in [0.25, 0.3) is 0 Å². The standard InChI is InChI=1S/C25H30ClNO4S/c1-4-31-23(28)24(2,3)22-17-25(21-8-6-5-7-20(21)22)13-15-27(16-14-25)32(29,30)19-11-9-18(26)10-12-19/h5-12,22H,4,13-17H2,1-3H3. The molecule has 0 aromatic heterocycles. The van der Waals surface area contributed by atoms with Crippen LogP contribution in [0.1, 0.15) is 57.1 Å². The van der Waals surface area contributed by atoms with Crippen molar-refractivity contribution in [3.05, 3.63) is 64.7 Å². The predicted molar refractivity (Wildman–Crippen MR) is 125 cm³/mol. The Morgan fingerprint density at radius 1 is 1.12 bits per heavy atom. The third-order valence-electron chi connectivity index (χ3n) is 7.31. The second-order valence-corrected chi connectivity index (χ2v) is 11.8. The first kappa shape index (κ1) is 23.3. The third kappa shape index (κ3) is 3.87. The number of carbonyl (C=O) groups excluding carboxylic acids is 1. The molecule has 1 aliphatic carbocycles. The first-order chi connectivity index (χ1) is 15.1. The highest BCUT2D eigenvalue weighted by Gasteiger charge is 2.52. The fourth-order valence-electron chi connectivity index (χ4n) is 5.38. The van der Waals surface area contributed by atoms with E-state index in [4.69, 9.17) is 16.3 Å². The van der Waals surface area contributed by atoms with Gasteiger partial charge in [0, 0.05) is 24.0 Å². The maximum Gasteiger partial charge on any atom is 0.312 e. The molecule has 2 aliphatic rings. The summed E-state index contributed by atoms with van der Waals surface area (Å²) >= 11 is 5.93. The smallest absolute Gasteiger partial charge is 0.312 e. The molecule has 1 atom stereocenters. The number of piperidine rings is 1. The predicted octanol–water partition coefficient (Wildman–Crippen LogP) is 5.14. The molecule has 1 spiro atoms. The summed E-state index contributed by atoms with van der Waals surface area (Å²) in [5, 5.41) is 0.513. The number of nitrogens with zero attached hydrogens (tertiary/aromatic N) is 1. The number of halogens is 1. The fourth-order valence-corrected chi connectivity index (χ4v) is 6.95. The minimum Gasteiger partial charge on any atom is -0.466 e. The largest absolute Gasteiger partial charge is 0.466 e. The topological polar surface area (TPSA) is 63.7 Å². The fraction of sp³-hybridized carbons (Fsp3) is 0.480. The third-order valence-corrected chi connectivity index (χ3v) is 9.47. The van der Waals surface area contributed by atoms with Crippen LogP contribution in [0.25, 0.3) is 0 Å². The van der Waals surface area contributed by atoms with Crippen molar-refractivity contribution in [1.82, 2.24) is 4.31 Å². The zero-order chi connectivity index (χ0) is 23.1. The quantitative estimate of drug-likeness (QED) is 0.562. The average Bonchev–Trinajstić information content (AvgIpc) is 3.09. The van der Waals surface area contributed by atoms with Crippen molar-refractivity contribution >= 4 is 27.6 Å². The molecule has 5 nitrogen and oxygen atoms in total. The molecule has 2 aromatic carbocycles. The molecule has 32 heavy (non-hydrogen) atoms. The highest BCUT2D eigenvalue weighted by Crippen LogP contribution is 2.57. The van der Waals surface area contributed by atoms with E-state index in [1.54, 1.807) is 28.6 Å². The summed E-state index contributed by atoms with van der Waals surface area (Å²) in [5.74, 6) is -0.142. The van der Waals surface area contributed by atoms with Gasteiger partial charge in [0.2, 0.25) is 10.0 Å². The summed E-state index contributed by atoms with van der Waals surface area (Å²) in [7, 11) is -3.56. The van der Waals surface area contributed by atoms with Crippen LogP contribution in [0.5, 0.6) is 0 Å². The number of sulfonamides is 1. The van der Waals surface area contributed by atoms with Gasteiger partial charge in [-0.3, -0.25) is 4.79 Å². The number of benzene rings is 2. The Hall–Kier alpha value is -1.89. The van der Waals surface area contributed by atoms with Gasteiger partial charge in [0.05, 0.1) is 16.9 Å². The van der Waals surface area contributed by atoms with Crippen LogP contribution in [-0.2, 0) is 25.0 Å². The van der Waals surface area contributed by atoms with Crippen molar-refractivity contribution in [2.24, 2.45) is 5.41 Å². The molecule has 0 saturated carbocycles. The maximum absolute atomic E-state index is 13.2. The van der Waals surface area contributed by atoms with E-state index in [-0.39, 0.29) is 22.2 Å². The molecule has 172 valence electrons. The average molecular weight is 476 g/mol. The van der Waals surface area contributed by atoms with Gasteiger partial charge < -0.3 is 4.74 Å². The van der Waals surface area contributed by atoms with Gasteiger partial charge in [0.1, 0.15) is 0 Å². The molecule has 1 fully saturated rings. The van der Waals surface area contributed by atoms with Crippen LogP contribution < -0.4 is 0 Å². The van der Waals surface area contributed by atoms with E-state index >= 15 is 0 Å². The maximum atomic E-state index is 13.2. The lowest BCUT2D eigenvalue weighted by atomic mass is 9.70. The minimum absolute atomic E-state index is 0.0390. The van der Waals surface area contributed by atoms with Crippen LogP contribution in [-0.4, -0.2) is 38.4 Å². The highest BCUT2D eigenvalue weighted by atomic mass is 35.5. The van der Waals surface area contributed by atoms with Gasteiger partial charge in [-0.1, -0.05) is 35.9 Å². The number of esters is 1. The van der Waals surface area contributed by atoms with Crippen LogP contribution >= 0.6 is 11.6 Å². The van der Waals surface area contributed by atoms with Crippen LogP contribution in [0.4, 0.5) is 0 Å². The molecule has 0 N–H and O–H groups in total. The lowest BCUT2D eigenvalue weighted by molar-refractivity contribution is -0.155. The van der Waals surface area contributed by atoms with E-state index in [1.165, 1.54) is 11.1 Å². The van der Waals surface area contributed by atoms with E-state index < -0.39 is 15.4 Å². The Labute approximate surface area is 195 Å². The molecule has 0 amide bonds. The summed E-state index contributed by atoms with van der Waals surface area (Å²) in [6.07, 6.45) is 2.28. The van der Waals surface area contributed by atoms with Crippen molar-refractivity contribution in [3.8, 4) is 0 Å². The molecule has 2 aromatic rings. The number of carbonyl (C=O) groups is 1. The Balaban J connectivity index is 1.60. The van der Waals surface area contributed by atoms with Gasteiger partial charge >= 0.3 is 5.97 Å². The molecule has 7 heteroatoms. The summed E-state index contributed by atoms with van der Waals surface area (Å²) in [4.78, 5) is 13.0. The van der Waals surface area contributed by atoms with E-state index in [0.29, 0.717) is 24.7 Å². The number of fused-ring (bicyclic) bond motifs is 2. The molecular weight excluding hydrogens is 446 g/mol. The molecule has 1 saturated heterocycles. The van der Waals surface area contributed by atoms with Crippen molar-refractivity contribution in [2.75, 3.05) is 19.7 Å². The summed E-state index contributed by atoms with van der Waals surface area (Å²) in [5.41, 5.74) is 1.67. The summed E-state index contributed by atoms with van der Waals surface area (Å²) in [6, 6.07) is 14.7. The van der Waals surface area contributed by atoms with Crippen molar-refractivity contribution in [1.29, 1.82) is 0 Å². The Morgan fingerprint density at radius 3 is 2.38 bits per heavy atom. The van der Waals surface area contributed by atoms with Crippen molar-refractivity contribution in [2.45, 2.75) is 56.3 Å². The first-order valence-electron chi connectivity index (χ1n) is 11.1. The molecule has 0 radical (unpaired) electrons. The lowest BCUT2D eigenvalue weighted by Crippen LogP contribution is -2.44. The molecule has 1 unspecified atom stereocenters. The molecule has 4 rings (SSSR count). The van der Waals surface area contributed by atoms with Crippen molar-refractivity contribution in [3.63, 3.8) is 0 Å².